The summed E-state index contributed by atoms with van der Waals surface area (Å²) in [6.07, 6.45) is 2.06. The van der Waals surface area contributed by atoms with Crippen LogP contribution in [0.2, 0.25) is 5.02 Å². The average Bonchev–Trinajstić information content (AvgIpc) is 2.78. The maximum Gasteiger partial charge on any atom is 0.320 e. The van der Waals surface area contributed by atoms with Crippen LogP contribution in [0.25, 0.3) is 10.9 Å². The predicted octanol–water partition coefficient (Wildman–Crippen LogP) is 4.19. The Bertz CT molecular complexity index is 1160. The van der Waals surface area contributed by atoms with Gasteiger partial charge in [0.1, 0.15) is 24.1 Å². The lowest BCUT2D eigenvalue weighted by Gasteiger charge is -2.30. The number of nitrogens with zero attached hydrogens (tertiary/aromatic N) is 3. The molecule has 33 heavy (non-hydrogen) atoms. The Morgan fingerprint density at radius 3 is 2.88 bits per heavy atom. The lowest BCUT2D eigenvalue weighted by molar-refractivity contribution is -0.157. The SMILES string of the molecule is COc1cc2ncnc(Nc3ccc(F)c(Cl)c3)c2cc1OCCCN1CC(=O)OC(C)C1. The number of morpholine rings is 1. The highest BCUT2D eigenvalue weighted by Gasteiger charge is 2.23. The van der Waals surface area contributed by atoms with Crippen molar-refractivity contribution >= 4 is 40.0 Å². The number of esters is 1. The van der Waals surface area contributed by atoms with Gasteiger partial charge in [0.05, 0.1) is 30.8 Å². The van der Waals surface area contributed by atoms with E-state index in [0.29, 0.717) is 53.6 Å². The third-order valence-electron chi connectivity index (χ3n) is 5.18. The van der Waals surface area contributed by atoms with Crippen molar-refractivity contribution in [2.24, 2.45) is 0 Å². The summed E-state index contributed by atoms with van der Waals surface area (Å²) in [6.45, 7) is 4.05. The topological polar surface area (TPSA) is 85.8 Å². The van der Waals surface area contributed by atoms with Crippen molar-refractivity contribution in [3.8, 4) is 11.5 Å². The standard InChI is InChI=1S/C23H24ClFN4O4/c1-14-11-29(12-22(30)33-14)6-3-7-32-21-9-16-19(10-20(21)31-2)26-13-27-23(16)28-15-4-5-18(25)17(24)8-15/h4-5,8-10,13-14H,3,6-7,11-12H2,1-2H3,(H,26,27,28). The summed E-state index contributed by atoms with van der Waals surface area (Å²) in [4.78, 5) is 22.3. The van der Waals surface area contributed by atoms with Crippen molar-refractivity contribution in [3.63, 3.8) is 0 Å². The van der Waals surface area contributed by atoms with E-state index in [1.165, 1.54) is 18.5 Å². The lowest BCUT2D eigenvalue weighted by Crippen LogP contribution is -2.44. The molecular formula is C23H24ClFN4O4. The number of hydrogen-bond donors (Lipinski definition) is 1. The summed E-state index contributed by atoms with van der Waals surface area (Å²) in [7, 11) is 1.57. The molecule has 1 aromatic heterocycles. The molecule has 0 saturated carbocycles. The van der Waals surface area contributed by atoms with E-state index < -0.39 is 5.82 Å². The number of carbonyl (C=O) groups is 1. The second kappa shape index (κ2) is 10.2. The molecule has 2 heterocycles. The quantitative estimate of drug-likeness (QED) is 0.384. The summed E-state index contributed by atoms with van der Waals surface area (Å²) >= 11 is 5.89. The van der Waals surface area contributed by atoms with Crippen molar-refractivity contribution in [1.82, 2.24) is 14.9 Å². The van der Waals surface area contributed by atoms with Crippen molar-refractivity contribution in [2.45, 2.75) is 19.4 Å². The van der Waals surface area contributed by atoms with Crippen molar-refractivity contribution in [3.05, 3.63) is 47.5 Å². The molecule has 0 bridgehead atoms. The number of rotatable bonds is 8. The van der Waals surface area contributed by atoms with E-state index >= 15 is 0 Å². The van der Waals surface area contributed by atoms with E-state index in [1.807, 2.05) is 13.0 Å². The van der Waals surface area contributed by atoms with Gasteiger partial charge in [-0.15, -0.1) is 0 Å². The summed E-state index contributed by atoms with van der Waals surface area (Å²) in [5.41, 5.74) is 1.25. The first-order chi connectivity index (χ1) is 15.9. The number of benzene rings is 2. The monoisotopic (exact) mass is 474 g/mol. The van der Waals surface area contributed by atoms with Gasteiger partial charge in [-0.1, -0.05) is 11.6 Å². The molecule has 1 aliphatic heterocycles. The molecule has 3 aromatic rings. The molecule has 0 aliphatic carbocycles. The third kappa shape index (κ3) is 5.61. The summed E-state index contributed by atoms with van der Waals surface area (Å²) in [6, 6.07) is 7.93. The second-order valence-electron chi connectivity index (χ2n) is 7.73. The molecule has 174 valence electrons. The number of anilines is 2. The van der Waals surface area contributed by atoms with Crippen LogP contribution in [-0.2, 0) is 9.53 Å². The molecular weight excluding hydrogens is 451 g/mol. The molecule has 4 rings (SSSR count). The fourth-order valence-corrected chi connectivity index (χ4v) is 3.88. The maximum atomic E-state index is 13.5. The van der Waals surface area contributed by atoms with E-state index in [0.717, 1.165) is 13.0 Å². The van der Waals surface area contributed by atoms with Gasteiger partial charge in [-0.3, -0.25) is 9.69 Å². The van der Waals surface area contributed by atoms with Gasteiger partial charge < -0.3 is 19.5 Å². The number of ether oxygens (including phenoxy) is 3. The number of fused-ring (bicyclic) bond motifs is 1. The number of carbonyl (C=O) groups excluding carboxylic acids is 1. The first-order valence-corrected chi connectivity index (χ1v) is 10.9. The number of aromatic nitrogens is 2. The Balaban J connectivity index is 1.48. The van der Waals surface area contributed by atoms with Crippen molar-refractivity contribution in [1.29, 1.82) is 0 Å². The fourth-order valence-electron chi connectivity index (χ4n) is 3.70. The van der Waals surface area contributed by atoms with Crippen LogP contribution < -0.4 is 14.8 Å². The number of halogens is 2. The predicted molar refractivity (Wildman–Crippen MR) is 123 cm³/mol. The van der Waals surface area contributed by atoms with Crippen molar-refractivity contribution < 1.29 is 23.4 Å². The number of cyclic esters (lactones) is 1. The zero-order valence-electron chi connectivity index (χ0n) is 18.3. The molecule has 1 saturated heterocycles. The van der Waals surface area contributed by atoms with Gasteiger partial charge in [0.15, 0.2) is 11.5 Å². The molecule has 10 heteroatoms. The van der Waals surface area contributed by atoms with Crippen LogP contribution in [-0.4, -0.2) is 60.3 Å². The fraction of sp³-hybridized carbons (Fsp3) is 0.348. The van der Waals surface area contributed by atoms with E-state index in [9.17, 15) is 9.18 Å². The molecule has 8 nitrogen and oxygen atoms in total. The molecule has 0 radical (unpaired) electrons. The minimum absolute atomic E-state index is 0.0143. The Morgan fingerprint density at radius 1 is 1.27 bits per heavy atom. The van der Waals surface area contributed by atoms with Crippen LogP contribution >= 0.6 is 11.6 Å². The Kier molecular flexibility index (Phi) is 7.10. The molecule has 1 atom stereocenters. The van der Waals surface area contributed by atoms with Crippen LogP contribution in [0.5, 0.6) is 11.5 Å². The maximum absolute atomic E-state index is 13.5. The summed E-state index contributed by atoms with van der Waals surface area (Å²) in [5.74, 6) is 0.925. The van der Waals surface area contributed by atoms with Gasteiger partial charge in [-0.05, 0) is 37.6 Å². The van der Waals surface area contributed by atoms with Gasteiger partial charge in [-0.25, -0.2) is 14.4 Å². The van der Waals surface area contributed by atoms with Crippen LogP contribution in [0.1, 0.15) is 13.3 Å². The number of methoxy groups -OCH3 is 1. The van der Waals surface area contributed by atoms with Crippen LogP contribution in [0.15, 0.2) is 36.7 Å². The summed E-state index contributed by atoms with van der Waals surface area (Å²) in [5, 5.41) is 3.87. The highest BCUT2D eigenvalue weighted by Crippen LogP contribution is 2.35. The highest BCUT2D eigenvalue weighted by atomic mass is 35.5. The Morgan fingerprint density at radius 2 is 2.12 bits per heavy atom. The van der Waals surface area contributed by atoms with Gasteiger partial charge in [0, 0.05) is 30.2 Å². The van der Waals surface area contributed by atoms with Gasteiger partial charge in [0.25, 0.3) is 0 Å². The Hall–Kier alpha value is -3.17. The van der Waals surface area contributed by atoms with Gasteiger partial charge >= 0.3 is 5.97 Å². The highest BCUT2D eigenvalue weighted by molar-refractivity contribution is 6.31. The van der Waals surface area contributed by atoms with E-state index in [4.69, 9.17) is 25.8 Å². The van der Waals surface area contributed by atoms with Crippen LogP contribution in [0.4, 0.5) is 15.9 Å². The minimum atomic E-state index is -0.494. The lowest BCUT2D eigenvalue weighted by atomic mass is 10.2. The molecule has 1 fully saturated rings. The molecule has 0 spiro atoms. The molecule has 0 amide bonds. The third-order valence-corrected chi connectivity index (χ3v) is 5.47. The first-order valence-electron chi connectivity index (χ1n) is 10.5. The normalized spacial score (nSPS) is 16.5. The summed E-state index contributed by atoms with van der Waals surface area (Å²) < 4.78 is 30.1. The Labute approximate surface area is 195 Å². The van der Waals surface area contributed by atoms with Crippen LogP contribution in [0.3, 0.4) is 0 Å². The number of hydrogen-bond acceptors (Lipinski definition) is 8. The number of nitrogens with one attached hydrogen (secondary N) is 1. The minimum Gasteiger partial charge on any atom is -0.493 e. The largest absolute Gasteiger partial charge is 0.493 e. The molecule has 1 aliphatic rings. The van der Waals surface area contributed by atoms with E-state index in [1.54, 1.807) is 19.2 Å². The molecule has 2 aromatic carbocycles. The molecule has 1 unspecified atom stereocenters. The van der Waals surface area contributed by atoms with Gasteiger partial charge in [-0.2, -0.15) is 0 Å². The van der Waals surface area contributed by atoms with Crippen molar-refractivity contribution in [2.75, 3.05) is 38.7 Å². The average molecular weight is 475 g/mol. The second-order valence-corrected chi connectivity index (χ2v) is 8.14. The van der Waals surface area contributed by atoms with E-state index in [-0.39, 0.29) is 17.1 Å². The first kappa shape index (κ1) is 23.0. The zero-order valence-corrected chi connectivity index (χ0v) is 19.1. The van der Waals surface area contributed by atoms with Gasteiger partial charge in [0.2, 0.25) is 0 Å². The zero-order chi connectivity index (χ0) is 23.4. The smallest absolute Gasteiger partial charge is 0.320 e. The van der Waals surface area contributed by atoms with E-state index in [2.05, 4.69) is 20.2 Å². The van der Waals surface area contributed by atoms with Crippen LogP contribution in [0, 0.1) is 5.82 Å². The molecule has 1 N–H and O–H groups in total.